The number of hydrogen-bond donors (Lipinski definition) is 3. The zero-order chi connectivity index (χ0) is 23.9. The number of hydrogen-bond acceptors (Lipinski definition) is 7. The molecule has 0 bridgehead atoms. The van der Waals surface area contributed by atoms with Gasteiger partial charge in [0.05, 0.1) is 12.1 Å². The molecule has 34 heavy (non-hydrogen) atoms. The molecule has 0 spiro atoms. The number of aromatic amines is 1. The van der Waals surface area contributed by atoms with Crippen LogP contribution < -0.4 is 10.6 Å². The topological polar surface area (TPSA) is 112 Å². The first-order chi connectivity index (χ1) is 16.5. The highest BCUT2D eigenvalue weighted by atomic mass is 16.5. The van der Waals surface area contributed by atoms with Crippen LogP contribution >= 0.6 is 0 Å². The van der Waals surface area contributed by atoms with Gasteiger partial charge in [0.1, 0.15) is 12.1 Å². The molecule has 3 N–H and O–H groups in total. The van der Waals surface area contributed by atoms with Crippen molar-refractivity contribution in [2.45, 2.75) is 6.42 Å². The van der Waals surface area contributed by atoms with Crippen molar-refractivity contribution in [1.29, 1.82) is 0 Å². The summed E-state index contributed by atoms with van der Waals surface area (Å²) < 4.78 is 5.09. The lowest BCUT2D eigenvalue weighted by Crippen LogP contribution is -2.16. The molecular formula is C25H26N6O3. The van der Waals surface area contributed by atoms with E-state index in [9.17, 15) is 9.59 Å². The van der Waals surface area contributed by atoms with E-state index in [1.165, 1.54) is 6.33 Å². The SMILES string of the molecule is CN(C)CCCOC(=O)C=CC(=O)Nc1ccc2ncnc(Nc3ccc4[nH]ccc4c3)c2c1. The predicted octanol–water partition coefficient (Wildman–Crippen LogP) is 3.84. The van der Waals surface area contributed by atoms with E-state index in [1.54, 1.807) is 18.2 Å². The third kappa shape index (κ3) is 5.96. The fourth-order valence-electron chi connectivity index (χ4n) is 3.43. The molecule has 2 aromatic heterocycles. The maximum absolute atomic E-state index is 12.3. The van der Waals surface area contributed by atoms with Crippen molar-refractivity contribution in [3.05, 3.63) is 67.1 Å². The number of benzene rings is 2. The number of rotatable bonds is 9. The summed E-state index contributed by atoms with van der Waals surface area (Å²) in [5.74, 6) is -0.367. The maximum atomic E-state index is 12.3. The Hall–Kier alpha value is -4.24. The predicted molar refractivity (Wildman–Crippen MR) is 133 cm³/mol. The van der Waals surface area contributed by atoms with Gasteiger partial charge in [0.2, 0.25) is 5.91 Å². The van der Waals surface area contributed by atoms with Gasteiger partial charge in [-0.25, -0.2) is 14.8 Å². The van der Waals surface area contributed by atoms with E-state index in [4.69, 9.17) is 4.74 Å². The lowest BCUT2D eigenvalue weighted by atomic mass is 10.2. The number of H-pyrrole nitrogens is 1. The lowest BCUT2D eigenvalue weighted by molar-refractivity contribution is -0.138. The molecule has 0 unspecified atom stereocenters. The van der Waals surface area contributed by atoms with Gasteiger partial charge in [-0.15, -0.1) is 0 Å². The van der Waals surface area contributed by atoms with Crippen LogP contribution in [0.5, 0.6) is 0 Å². The van der Waals surface area contributed by atoms with Crippen LogP contribution in [0.3, 0.4) is 0 Å². The van der Waals surface area contributed by atoms with Gasteiger partial charge in [0, 0.05) is 52.6 Å². The second-order valence-corrected chi connectivity index (χ2v) is 8.01. The molecule has 2 heterocycles. The molecule has 0 aliphatic rings. The fraction of sp³-hybridized carbons (Fsp3) is 0.200. The Bertz CT molecular complexity index is 1350. The van der Waals surface area contributed by atoms with Gasteiger partial charge in [-0.1, -0.05) is 0 Å². The Labute approximate surface area is 196 Å². The van der Waals surface area contributed by atoms with Crippen LogP contribution in [-0.2, 0) is 14.3 Å². The highest BCUT2D eigenvalue weighted by Gasteiger charge is 2.08. The summed E-state index contributed by atoms with van der Waals surface area (Å²) in [5.41, 5.74) is 3.22. The van der Waals surface area contributed by atoms with Gasteiger partial charge in [-0.05, 0) is 63.0 Å². The third-order valence-corrected chi connectivity index (χ3v) is 5.08. The zero-order valence-corrected chi connectivity index (χ0v) is 19.0. The summed E-state index contributed by atoms with van der Waals surface area (Å²) in [4.78, 5) is 37.9. The molecule has 174 valence electrons. The minimum absolute atomic E-state index is 0.306. The third-order valence-electron chi connectivity index (χ3n) is 5.08. The largest absolute Gasteiger partial charge is 0.462 e. The molecule has 9 heteroatoms. The molecule has 0 saturated carbocycles. The van der Waals surface area contributed by atoms with E-state index >= 15 is 0 Å². The van der Waals surface area contributed by atoms with E-state index in [2.05, 4.69) is 25.6 Å². The molecule has 4 aromatic rings. The molecule has 2 aromatic carbocycles. The van der Waals surface area contributed by atoms with E-state index in [1.807, 2.05) is 49.5 Å². The number of carbonyl (C=O) groups excluding carboxylic acids is 2. The van der Waals surface area contributed by atoms with E-state index < -0.39 is 11.9 Å². The quantitative estimate of drug-likeness (QED) is 0.198. The first-order valence-corrected chi connectivity index (χ1v) is 10.9. The van der Waals surface area contributed by atoms with Crippen molar-refractivity contribution >= 4 is 50.9 Å². The van der Waals surface area contributed by atoms with Gasteiger partial charge in [0.25, 0.3) is 0 Å². The summed E-state index contributed by atoms with van der Waals surface area (Å²) >= 11 is 0. The molecule has 1 amide bonds. The number of fused-ring (bicyclic) bond motifs is 2. The van der Waals surface area contributed by atoms with E-state index in [0.717, 1.165) is 52.6 Å². The number of ether oxygens (including phenoxy) is 1. The molecule has 0 aliphatic heterocycles. The molecule has 0 fully saturated rings. The van der Waals surface area contributed by atoms with Crippen LogP contribution in [0.25, 0.3) is 21.8 Å². The summed E-state index contributed by atoms with van der Waals surface area (Å²) in [6.07, 6.45) is 6.39. The van der Waals surface area contributed by atoms with Gasteiger partial charge >= 0.3 is 5.97 Å². The number of amides is 1. The Morgan fingerprint density at radius 3 is 2.76 bits per heavy atom. The molecule has 0 radical (unpaired) electrons. The van der Waals surface area contributed by atoms with Crippen molar-refractivity contribution in [2.75, 3.05) is 37.9 Å². The summed E-state index contributed by atoms with van der Waals surface area (Å²) in [7, 11) is 3.90. The molecule has 4 rings (SSSR count). The second-order valence-electron chi connectivity index (χ2n) is 8.01. The first-order valence-electron chi connectivity index (χ1n) is 10.9. The monoisotopic (exact) mass is 458 g/mol. The van der Waals surface area contributed by atoms with Crippen molar-refractivity contribution in [1.82, 2.24) is 19.9 Å². The number of nitrogens with zero attached hydrogens (tertiary/aromatic N) is 3. The number of nitrogens with one attached hydrogen (secondary N) is 3. The van der Waals surface area contributed by atoms with E-state index in [0.29, 0.717) is 18.1 Å². The van der Waals surface area contributed by atoms with Crippen molar-refractivity contribution in [3.63, 3.8) is 0 Å². The molecular weight excluding hydrogens is 432 g/mol. The number of carbonyl (C=O) groups is 2. The number of esters is 1. The molecule has 0 aliphatic carbocycles. The molecule has 0 atom stereocenters. The maximum Gasteiger partial charge on any atom is 0.330 e. The Morgan fingerprint density at radius 1 is 1.06 bits per heavy atom. The Balaban J connectivity index is 1.42. The van der Waals surface area contributed by atoms with Crippen LogP contribution in [0.1, 0.15) is 6.42 Å². The van der Waals surface area contributed by atoms with Crippen LogP contribution in [-0.4, -0.2) is 59.0 Å². The highest BCUT2D eigenvalue weighted by Crippen LogP contribution is 2.27. The standard InChI is InChI=1S/C25H26N6O3/c1-31(2)12-3-13-34-24(33)9-8-23(32)29-19-5-7-22-20(15-19)25(28-16-27-22)30-18-4-6-21-17(14-18)10-11-26-21/h4-11,14-16,26H,3,12-13H2,1-2H3,(H,29,32)(H,27,28,30). The summed E-state index contributed by atoms with van der Waals surface area (Å²) in [6.45, 7) is 1.13. The highest BCUT2D eigenvalue weighted by molar-refractivity contribution is 6.04. The van der Waals surface area contributed by atoms with Gasteiger partial charge in [0.15, 0.2) is 0 Å². The van der Waals surface area contributed by atoms with Gasteiger partial charge in [-0.2, -0.15) is 0 Å². The molecule has 0 saturated heterocycles. The van der Waals surface area contributed by atoms with Crippen LogP contribution in [0.15, 0.2) is 67.1 Å². The average Bonchev–Trinajstić information content (AvgIpc) is 3.29. The van der Waals surface area contributed by atoms with Crippen molar-refractivity contribution < 1.29 is 14.3 Å². The second kappa shape index (κ2) is 10.6. The molecule has 9 nitrogen and oxygen atoms in total. The summed E-state index contributed by atoms with van der Waals surface area (Å²) in [5, 5.41) is 7.91. The Kier molecular flexibility index (Phi) is 7.14. The van der Waals surface area contributed by atoms with Crippen molar-refractivity contribution in [2.24, 2.45) is 0 Å². The fourth-order valence-corrected chi connectivity index (χ4v) is 3.43. The van der Waals surface area contributed by atoms with Gasteiger partial charge < -0.3 is 25.3 Å². The first kappa shape index (κ1) is 22.9. The summed E-state index contributed by atoms with van der Waals surface area (Å²) in [6, 6.07) is 13.3. The normalized spacial score (nSPS) is 11.4. The van der Waals surface area contributed by atoms with E-state index in [-0.39, 0.29) is 0 Å². The Morgan fingerprint density at radius 2 is 1.91 bits per heavy atom. The van der Waals surface area contributed by atoms with Crippen molar-refractivity contribution in [3.8, 4) is 0 Å². The van der Waals surface area contributed by atoms with Crippen LogP contribution in [0, 0.1) is 0 Å². The smallest absolute Gasteiger partial charge is 0.330 e. The minimum Gasteiger partial charge on any atom is -0.462 e. The lowest BCUT2D eigenvalue weighted by Gasteiger charge is -2.10. The number of aromatic nitrogens is 3. The minimum atomic E-state index is -0.549. The van der Waals surface area contributed by atoms with Gasteiger partial charge in [-0.3, -0.25) is 4.79 Å². The average molecular weight is 459 g/mol. The number of anilines is 3. The van der Waals surface area contributed by atoms with Crippen LogP contribution in [0.4, 0.5) is 17.2 Å². The van der Waals surface area contributed by atoms with Crippen LogP contribution in [0.2, 0.25) is 0 Å². The zero-order valence-electron chi connectivity index (χ0n) is 19.0.